The first-order valence-electron chi connectivity index (χ1n) is 3.57. The van der Waals surface area contributed by atoms with Crippen molar-refractivity contribution < 1.29 is 17.6 Å². The van der Waals surface area contributed by atoms with Crippen LogP contribution in [-0.2, 0) is 11.5 Å². The number of hydrogen-bond donors (Lipinski definition) is 1. The van der Waals surface area contributed by atoms with Crippen molar-refractivity contribution in [3.05, 3.63) is 29.1 Å². The van der Waals surface area contributed by atoms with Crippen LogP contribution in [0.25, 0.3) is 0 Å². The molecule has 0 aliphatic heterocycles. The van der Waals surface area contributed by atoms with Crippen LogP contribution in [0.2, 0.25) is 0 Å². The molecular weight excluding hydrogens is 266 g/mol. The molecule has 0 spiro atoms. The van der Waals surface area contributed by atoms with Crippen molar-refractivity contribution in [2.24, 2.45) is 0 Å². The van der Waals surface area contributed by atoms with Gasteiger partial charge in [-0.2, -0.15) is 13.2 Å². The molecule has 0 unspecified atom stereocenters. The maximum atomic E-state index is 12.9. The van der Waals surface area contributed by atoms with E-state index in [1.807, 2.05) is 0 Å². The van der Waals surface area contributed by atoms with Crippen LogP contribution < -0.4 is 5.73 Å². The number of halogens is 5. The van der Waals surface area contributed by atoms with Gasteiger partial charge >= 0.3 is 6.18 Å². The van der Waals surface area contributed by atoms with Crippen molar-refractivity contribution in [3.8, 4) is 0 Å². The third-order valence-corrected chi connectivity index (χ3v) is 2.29. The second-order valence-electron chi connectivity index (χ2n) is 2.66. The second kappa shape index (κ2) is 3.76. The zero-order valence-corrected chi connectivity index (χ0v) is 8.41. The smallest absolute Gasteiger partial charge is 0.396 e. The zero-order valence-electron chi connectivity index (χ0n) is 6.83. The van der Waals surface area contributed by atoms with Crippen molar-refractivity contribution in [1.29, 1.82) is 0 Å². The molecule has 0 bridgehead atoms. The van der Waals surface area contributed by atoms with E-state index in [9.17, 15) is 17.6 Å². The fourth-order valence-corrected chi connectivity index (χ4v) is 1.41. The van der Waals surface area contributed by atoms with E-state index < -0.39 is 17.6 Å². The van der Waals surface area contributed by atoms with Crippen molar-refractivity contribution >= 4 is 21.6 Å². The third-order valence-electron chi connectivity index (χ3n) is 1.69. The van der Waals surface area contributed by atoms with Crippen LogP contribution >= 0.6 is 15.9 Å². The average molecular weight is 272 g/mol. The van der Waals surface area contributed by atoms with Gasteiger partial charge in [-0.15, -0.1) is 0 Å². The van der Waals surface area contributed by atoms with Crippen LogP contribution in [0.15, 0.2) is 12.1 Å². The Balaban J connectivity index is 3.30. The average Bonchev–Trinajstić information content (AvgIpc) is 2.07. The van der Waals surface area contributed by atoms with Gasteiger partial charge in [-0.05, 0) is 17.7 Å². The molecule has 0 aliphatic rings. The van der Waals surface area contributed by atoms with Crippen molar-refractivity contribution in [3.63, 3.8) is 0 Å². The fourth-order valence-electron chi connectivity index (χ4n) is 0.949. The SMILES string of the molecule is Nc1c(F)cc(C(F)(F)F)cc1CBr. The lowest BCUT2D eigenvalue weighted by molar-refractivity contribution is -0.137. The molecule has 2 N–H and O–H groups in total. The molecule has 0 fully saturated rings. The Morgan fingerprint density at radius 2 is 1.86 bits per heavy atom. The predicted octanol–water partition coefficient (Wildman–Crippen LogP) is 3.32. The summed E-state index contributed by atoms with van der Waals surface area (Å²) in [5.74, 6) is -1.05. The van der Waals surface area contributed by atoms with Gasteiger partial charge in [0.25, 0.3) is 0 Å². The van der Waals surface area contributed by atoms with Gasteiger partial charge in [-0.3, -0.25) is 0 Å². The summed E-state index contributed by atoms with van der Waals surface area (Å²) in [6.45, 7) is 0. The molecule has 0 saturated carbocycles. The third kappa shape index (κ3) is 2.17. The van der Waals surface area contributed by atoms with Crippen molar-refractivity contribution in [1.82, 2.24) is 0 Å². The fraction of sp³-hybridized carbons (Fsp3) is 0.250. The topological polar surface area (TPSA) is 26.0 Å². The summed E-state index contributed by atoms with van der Waals surface area (Å²) in [7, 11) is 0. The molecule has 78 valence electrons. The Labute approximate surface area is 86.0 Å². The van der Waals surface area contributed by atoms with Crippen LogP contribution in [0, 0.1) is 5.82 Å². The lowest BCUT2D eigenvalue weighted by Gasteiger charge is -2.10. The molecule has 0 radical (unpaired) electrons. The Morgan fingerprint density at radius 1 is 1.29 bits per heavy atom. The Kier molecular flexibility index (Phi) is 3.04. The summed E-state index contributed by atoms with van der Waals surface area (Å²) in [6, 6.07) is 1.22. The molecule has 0 heterocycles. The number of nitrogens with two attached hydrogens (primary N) is 1. The van der Waals surface area contributed by atoms with Gasteiger partial charge in [0.15, 0.2) is 0 Å². The van der Waals surface area contributed by atoms with E-state index in [1.54, 1.807) is 0 Å². The van der Waals surface area contributed by atoms with Gasteiger partial charge < -0.3 is 5.73 Å². The van der Waals surface area contributed by atoms with Gasteiger partial charge in [0.1, 0.15) is 5.82 Å². The minimum atomic E-state index is -4.55. The molecule has 0 saturated heterocycles. The van der Waals surface area contributed by atoms with Gasteiger partial charge in [-0.1, -0.05) is 15.9 Å². The minimum absolute atomic E-state index is 0.0830. The van der Waals surface area contributed by atoms with E-state index in [4.69, 9.17) is 5.73 Å². The minimum Gasteiger partial charge on any atom is -0.396 e. The molecule has 6 heteroatoms. The molecule has 0 amide bonds. The van der Waals surface area contributed by atoms with Crippen LogP contribution in [0.1, 0.15) is 11.1 Å². The number of alkyl halides is 4. The number of nitrogen functional groups attached to an aromatic ring is 1. The molecule has 1 aromatic carbocycles. The van der Waals surface area contributed by atoms with Gasteiger partial charge in [0.2, 0.25) is 0 Å². The zero-order chi connectivity index (χ0) is 10.9. The first kappa shape index (κ1) is 11.3. The van der Waals surface area contributed by atoms with E-state index in [0.717, 1.165) is 6.07 Å². The quantitative estimate of drug-likeness (QED) is 0.473. The molecule has 0 atom stereocenters. The van der Waals surface area contributed by atoms with Crippen LogP contribution in [-0.4, -0.2) is 0 Å². The van der Waals surface area contributed by atoms with Crippen LogP contribution in [0.3, 0.4) is 0 Å². The van der Waals surface area contributed by atoms with E-state index in [1.165, 1.54) is 0 Å². The summed E-state index contributed by atoms with van der Waals surface area (Å²) < 4.78 is 49.5. The Bertz CT molecular complexity index is 348. The highest BCUT2D eigenvalue weighted by Crippen LogP contribution is 2.33. The van der Waals surface area contributed by atoms with E-state index in [0.29, 0.717) is 6.07 Å². The highest BCUT2D eigenvalue weighted by Gasteiger charge is 2.31. The molecule has 1 aromatic rings. The molecule has 1 rings (SSSR count). The summed E-state index contributed by atoms with van der Waals surface area (Å²) in [6.07, 6.45) is -4.55. The molecule has 0 aliphatic carbocycles. The van der Waals surface area contributed by atoms with E-state index >= 15 is 0 Å². The van der Waals surface area contributed by atoms with Crippen LogP contribution in [0.5, 0.6) is 0 Å². The lowest BCUT2D eigenvalue weighted by Crippen LogP contribution is -2.08. The largest absolute Gasteiger partial charge is 0.416 e. The second-order valence-corrected chi connectivity index (χ2v) is 3.22. The normalized spacial score (nSPS) is 11.8. The Hall–Kier alpha value is -0.780. The summed E-state index contributed by atoms with van der Waals surface area (Å²) in [4.78, 5) is 0. The summed E-state index contributed by atoms with van der Waals surface area (Å²) in [5, 5.41) is 0.0830. The first-order chi connectivity index (χ1) is 6.36. The van der Waals surface area contributed by atoms with Gasteiger partial charge in [0, 0.05) is 5.33 Å². The van der Waals surface area contributed by atoms with E-state index in [2.05, 4.69) is 15.9 Å². The maximum Gasteiger partial charge on any atom is 0.416 e. The maximum absolute atomic E-state index is 12.9. The van der Waals surface area contributed by atoms with Crippen LogP contribution in [0.4, 0.5) is 23.2 Å². The number of benzene rings is 1. The molecular formula is C8H6BrF4N. The van der Waals surface area contributed by atoms with Crippen molar-refractivity contribution in [2.75, 3.05) is 5.73 Å². The highest BCUT2D eigenvalue weighted by molar-refractivity contribution is 9.08. The highest BCUT2D eigenvalue weighted by atomic mass is 79.9. The van der Waals surface area contributed by atoms with Gasteiger partial charge in [0.05, 0.1) is 11.3 Å². The molecule has 1 nitrogen and oxygen atoms in total. The molecule has 0 aromatic heterocycles. The van der Waals surface area contributed by atoms with E-state index in [-0.39, 0.29) is 16.6 Å². The first-order valence-corrected chi connectivity index (χ1v) is 4.69. The number of anilines is 1. The number of hydrogen-bond acceptors (Lipinski definition) is 1. The standard InChI is InChI=1S/C8H6BrF4N/c9-3-4-1-5(8(11,12)13)2-6(10)7(4)14/h1-2H,3,14H2. The Morgan fingerprint density at radius 3 is 2.29 bits per heavy atom. The molecule has 14 heavy (non-hydrogen) atoms. The lowest BCUT2D eigenvalue weighted by atomic mass is 10.1. The predicted molar refractivity (Wildman–Crippen MR) is 48.4 cm³/mol. The monoisotopic (exact) mass is 271 g/mol. The van der Waals surface area contributed by atoms with Crippen molar-refractivity contribution in [2.45, 2.75) is 11.5 Å². The number of rotatable bonds is 1. The summed E-state index contributed by atoms with van der Waals surface area (Å²) in [5.41, 5.74) is 4.04. The summed E-state index contributed by atoms with van der Waals surface area (Å²) >= 11 is 2.93. The van der Waals surface area contributed by atoms with Gasteiger partial charge in [-0.25, -0.2) is 4.39 Å².